The quantitative estimate of drug-likeness (QED) is 0.318. The molecule has 176 valence electrons. The molecule has 4 aliphatic rings. The molecule has 0 atom stereocenters. The van der Waals surface area contributed by atoms with E-state index < -0.39 is 0 Å². The molecule has 4 bridgehead atoms. The van der Waals surface area contributed by atoms with Crippen LogP contribution in [0.4, 0.5) is 5.69 Å². The Balaban J connectivity index is 1.33. The fourth-order valence-corrected chi connectivity index (χ4v) is 7.80. The Bertz CT molecular complexity index is 1330. The van der Waals surface area contributed by atoms with Crippen molar-refractivity contribution in [3.05, 3.63) is 78.1 Å². The van der Waals surface area contributed by atoms with Crippen LogP contribution in [0.3, 0.4) is 0 Å². The summed E-state index contributed by atoms with van der Waals surface area (Å²) in [5.74, 6) is 2.72. The summed E-state index contributed by atoms with van der Waals surface area (Å²) in [6, 6.07) is 12.6. The summed E-state index contributed by atoms with van der Waals surface area (Å²) in [4.78, 5) is 18.0. The number of hydrogen-bond donors (Lipinski definition) is 1. The third-order valence-corrected chi connectivity index (χ3v) is 10.0. The lowest BCUT2D eigenvalue weighted by atomic mass is 9.48. The van der Waals surface area contributed by atoms with E-state index in [4.69, 9.17) is 4.99 Å². The van der Waals surface area contributed by atoms with Crippen molar-refractivity contribution in [1.82, 2.24) is 9.78 Å². The summed E-state index contributed by atoms with van der Waals surface area (Å²) in [5.41, 5.74) is 5.88. The minimum Gasteiger partial charge on any atom is -0.295 e. The van der Waals surface area contributed by atoms with E-state index in [-0.39, 0.29) is 5.56 Å². The minimum absolute atomic E-state index is 0.0867. The Morgan fingerprint density at radius 3 is 2.26 bits per heavy atom. The molecule has 4 nitrogen and oxygen atoms in total. The summed E-state index contributed by atoms with van der Waals surface area (Å²) in [7, 11) is 0. The summed E-state index contributed by atoms with van der Waals surface area (Å²) < 4.78 is 3.59. The van der Waals surface area contributed by atoms with Crippen LogP contribution in [-0.4, -0.2) is 16.0 Å². The van der Waals surface area contributed by atoms with Gasteiger partial charge in [-0.15, -0.1) is 0 Å². The Morgan fingerprint density at radius 2 is 1.62 bits per heavy atom. The van der Waals surface area contributed by atoms with Gasteiger partial charge in [0.15, 0.2) is 0 Å². The first kappa shape index (κ1) is 22.5. The number of hydrogen-bond acceptors (Lipinski definition) is 2. The predicted octanol–water partition coefficient (Wildman–Crippen LogP) is 7.53. The molecule has 6 heteroatoms. The Kier molecular flexibility index (Phi) is 5.53. The molecule has 7 rings (SSSR count). The van der Waals surface area contributed by atoms with Crippen LogP contribution in [0.2, 0.25) is 0 Å². The Morgan fingerprint density at radius 1 is 0.971 bits per heavy atom. The molecule has 0 amide bonds. The molecule has 2 aromatic carbocycles. The summed E-state index contributed by atoms with van der Waals surface area (Å²) in [6.07, 6.45) is 10.0. The standard InChI is InChI=1S/C28H29Br2N3O/c1-16-7-22(4-6-24(16)29)33-27(34)23(17(2)32-33)15-31-26-11-21(3-5-25(26)30)28-12-18-8-19(13-28)10-20(9-18)14-28/h3-7,11,15,18-20,32H,8-10,12-14H2,1-2H3. The van der Waals surface area contributed by atoms with E-state index in [1.165, 1.54) is 44.1 Å². The smallest absolute Gasteiger partial charge is 0.280 e. The Hall–Kier alpha value is -1.92. The van der Waals surface area contributed by atoms with Gasteiger partial charge in [-0.25, -0.2) is 4.68 Å². The number of aromatic nitrogens is 2. The first-order valence-electron chi connectivity index (χ1n) is 12.2. The van der Waals surface area contributed by atoms with Gasteiger partial charge >= 0.3 is 0 Å². The van der Waals surface area contributed by atoms with Crippen molar-refractivity contribution in [2.75, 3.05) is 0 Å². The zero-order valence-corrected chi connectivity index (χ0v) is 22.7. The van der Waals surface area contributed by atoms with Gasteiger partial charge in [-0.2, -0.15) is 0 Å². The first-order chi connectivity index (χ1) is 16.3. The average Bonchev–Trinajstić information content (AvgIpc) is 3.07. The summed E-state index contributed by atoms with van der Waals surface area (Å²) in [5, 5.41) is 3.21. The van der Waals surface area contributed by atoms with Crippen LogP contribution >= 0.6 is 31.9 Å². The molecule has 4 aliphatic carbocycles. The third-order valence-electron chi connectivity index (χ3n) is 8.45. The number of aliphatic imine (C=N–C) groups is 1. The number of aromatic amines is 1. The molecule has 0 spiro atoms. The fourth-order valence-electron chi connectivity index (χ4n) is 7.20. The maximum Gasteiger partial charge on any atom is 0.280 e. The van der Waals surface area contributed by atoms with Gasteiger partial charge in [0, 0.05) is 20.9 Å². The molecular formula is C28H29Br2N3O. The minimum atomic E-state index is -0.0867. The average molecular weight is 583 g/mol. The van der Waals surface area contributed by atoms with E-state index in [0.29, 0.717) is 11.0 Å². The van der Waals surface area contributed by atoms with Crippen LogP contribution in [0.5, 0.6) is 0 Å². The van der Waals surface area contributed by atoms with Crippen molar-refractivity contribution in [3.63, 3.8) is 0 Å². The summed E-state index contributed by atoms with van der Waals surface area (Å²) in [6.45, 7) is 3.94. The zero-order chi connectivity index (χ0) is 23.6. The molecular weight excluding hydrogens is 554 g/mol. The van der Waals surface area contributed by atoms with Gasteiger partial charge in [0.1, 0.15) is 0 Å². The van der Waals surface area contributed by atoms with Gasteiger partial charge in [-0.05, 0) is 133 Å². The van der Waals surface area contributed by atoms with E-state index >= 15 is 0 Å². The van der Waals surface area contributed by atoms with Gasteiger partial charge in [0.2, 0.25) is 0 Å². The third kappa shape index (κ3) is 3.78. The second-order valence-electron chi connectivity index (χ2n) is 10.8. The van der Waals surface area contributed by atoms with Gasteiger partial charge in [0.05, 0.1) is 16.9 Å². The van der Waals surface area contributed by atoms with Gasteiger partial charge < -0.3 is 0 Å². The van der Waals surface area contributed by atoms with Crippen molar-refractivity contribution in [1.29, 1.82) is 0 Å². The number of rotatable bonds is 4. The summed E-state index contributed by atoms with van der Waals surface area (Å²) >= 11 is 7.23. The topological polar surface area (TPSA) is 50.1 Å². The maximum absolute atomic E-state index is 13.2. The van der Waals surface area contributed by atoms with Crippen LogP contribution < -0.4 is 5.56 Å². The molecule has 4 saturated carbocycles. The van der Waals surface area contributed by atoms with Crippen molar-refractivity contribution in [2.45, 2.75) is 57.8 Å². The SMILES string of the molecule is Cc1cc(-n2[nH]c(C)c(C=Nc3cc(C45CC6CC(CC(C6)C4)C5)ccc3Br)c2=O)ccc1Br. The predicted molar refractivity (Wildman–Crippen MR) is 145 cm³/mol. The van der Waals surface area contributed by atoms with Crippen LogP contribution in [0.25, 0.3) is 5.69 Å². The normalized spacial score (nSPS) is 27.7. The number of halogens is 2. The van der Waals surface area contributed by atoms with E-state index in [1.807, 2.05) is 32.0 Å². The highest BCUT2D eigenvalue weighted by molar-refractivity contribution is 9.10. The van der Waals surface area contributed by atoms with E-state index in [0.717, 1.165) is 49.3 Å². The number of aryl methyl sites for hydroxylation is 2. The molecule has 3 aromatic rings. The molecule has 1 N–H and O–H groups in total. The van der Waals surface area contributed by atoms with Gasteiger partial charge in [-0.3, -0.25) is 14.9 Å². The van der Waals surface area contributed by atoms with Crippen molar-refractivity contribution < 1.29 is 0 Å². The van der Waals surface area contributed by atoms with Crippen LogP contribution in [0.1, 0.15) is 60.9 Å². The second-order valence-corrected chi connectivity index (χ2v) is 12.6. The molecule has 1 heterocycles. The highest BCUT2D eigenvalue weighted by Gasteiger charge is 2.51. The van der Waals surface area contributed by atoms with Crippen LogP contribution in [-0.2, 0) is 5.41 Å². The van der Waals surface area contributed by atoms with Crippen LogP contribution in [0.15, 0.2) is 55.1 Å². The monoisotopic (exact) mass is 581 g/mol. The first-order valence-corrected chi connectivity index (χ1v) is 13.8. The van der Waals surface area contributed by atoms with E-state index in [9.17, 15) is 4.79 Å². The van der Waals surface area contributed by atoms with Gasteiger partial charge in [0.25, 0.3) is 5.56 Å². The molecule has 4 fully saturated rings. The fraction of sp³-hybridized carbons (Fsp3) is 0.429. The second kappa shape index (κ2) is 8.34. The molecule has 34 heavy (non-hydrogen) atoms. The highest BCUT2D eigenvalue weighted by Crippen LogP contribution is 2.61. The largest absolute Gasteiger partial charge is 0.295 e. The lowest BCUT2D eigenvalue weighted by Gasteiger charge is -2.57. The van der Waals surface area contributed by atoms with E-state index in [1.54, 1.807) is 10.9 Å². The number of nitrogens with zero attached hydrogens (tertiary/aromatic N) is 2. The number of H-pyrrole nitrogens is 1. The van der Waals surface area contributed by atoms with Crippen molar-refractivity contribution in [3.8, 4) is 5.69 Å². The highest BCUT2D eigenvalue weighted by atomic mass is 79.9. The van der Waals surface area contributed by atoms with Crippen molar-refractivity contribution in [2.24, 2.45) is 22.7 Å². The molecule has 0 aliphatic heterocycles. The Labute approximate surface area is 217 Å². The molecule has 0 radical (unpaired) electrons. The zero-order valence-electron chi connectivity index (χ0n) is 19.6. The van der Waals surface area contributed by atoms with Crippen molar-refractivity contribution >= 4 is 43.8 Å². The molecule has 0 unspecified atom stereocenters. The lowest BCUT2D eigenvalue weighted by molar-refractivity contribution is -0.00517. The lowest BCUT2D eigenvalue weighted by Crippen LogP contribution is -2.48. The maximum atomic E-state index is 13.2. The van der Waals surface area contributed by atoms with E-state index in [2.05, 4.69) is 55.2 Å². The molecule has 1 aromatic heterocycles. The molecule has 0 saturated heterocycles. The van der Waals surface area contributed by atoms with Crippen LogP contribution in [0, 0.1) is 31.6 Å². The number of benzene rings is 2. The number of nitrogens with one attached hydrogen (secondary N) is 1. The van der Waals surface area contributed by atoms with Gasteiger partial charge in [-0.1, -0.05) is 22.0 Å².